The molecule has 2 aliphatic rings. The highest BCUT2D eigenvalue weighted by atomic mass is 16.5. The van der Waals surface area contributed by atoms with Crippen LogP contribution in [0.15, 0.2) is 96.1 Å². The van der Waals surface area contributed by atoms with Crippen molar-refractivity contribution < 1.29 is 4.74 Å². The summed E-state index contributed by atoms with van der Waals surface area (Å²) in [7, 11) is 0. The number of aliphatic imine (C=N–C) groups is 1. The van der Waals surface area contributed by atoms with Crippen molar-refractivity contribution in [2.24, 2.45) is 10.9 Å². The summed E-state index contributed by atoms with van der Waals surface area (Å²) in [5, 5.41) is 2.50. The van der Waals surface area contributed by atoms with Crippen LogP contribution in [-0.2, 0) is 10.2 Å². The maximum Gasteiger partial charge on any atom is 0.216 e. The van der Waals surface area contributed by atoms with Crippen molar-refractivity contribution in [2.75, 3.05) is 6.61 Å². The zero-order chi connectivity index (χ0) is 37.0. The number of ether oxygens (including phenoxy) is 1. The molecule has 0 bridgehead atoms. The van der Waals surface area contributed by atoms with Gasteiger partial charge in [-0.2, -0.15) is 0 Å². The summed E-state index contributed by atoms with van der Waals surface area (Å²) in [6, 6.07) is 32.3. The molecule has 2 aromatic heterocycles. The molecule has 0 N–H and O–H groups in total. The Kier molecular flexibility index (Phi) is 9.29. The smallest absolute Gasteiger partial charge is 0.216 e. The summed E-state index contributed by atoms with van der Waals surface area (Å²) in [6.07, 6.45) is 8.42. The molecule has 4 nitrogen and oxygen atoms in total. The molecular formula is C49H55N3O. The van der Waals surface area contributed by atoms with Gasteiger partial charge in [0.2, 0.25) is 5.90 Å². The van der Waals surface area contributed by atoms with Crippen molar-refractivity contribution in [3.05, 3.63) is 119 Å². The Morgan fingerprint density at radius 3 is 2.17 bits per heavy atom. The predicted octanol–water partition coefficient (Wildman–Crippen LogP) is 13.1. The Bertz CT molecular complexity index is 2320. The molecule has 4 aromatic carbocycles. The molecule has 0 radical (unpaired) electrons. The third kappa shape index (κ3) is 6.71. The Morgan fingerprint density at radius 2 is 1.45 bits per heavy atom. The number of aryl methyl sites for hydroxylation is 1. The van der Waals surface area contributed by atoms with Gasteiger partial charge in [-0.25, -0.2) is 4.99 Å². The number of aromatic nitrogens is 2. The lowest BCUT2D eigenvalue weighted by molar-refractivity contribution is 0.240. The van der Waals surface area contributed by atoms with E-state index in [-0.39, 0.29) is 11.5 Å². The van der Waals surface area contributed by atoms with Crippen LogP contribution in [0.5, 0.6) is 0 Å². The molecular weight excluding hydrogens is 647 g/mol. The first-order valence-corrected chi connectivity index (χ1v) is 20.0. The van der Waals surface area contributed by atoms with Gasteiger partial charge in [0, 0.05) is 33.8 Å². The van der Waals surface area contributed by atoms with Crippen molar-refractivity contribution in [2.45, 2.75) is 111 Å². The fourth-order valence-electron chi connectivity index (χ4n) is 8.83. The van der Waals surface area contributed by atoms with Gasteiger partial charge in [-0.15, -0.1) is 0 Å². The van der Waals surface area contributed by atoms with Crippen LogP contribution >= 0.6 is 0 Å². The lowest BCUT2D eigenvalue weighted by Crippen LogP contribution is -2.22. The van der Waals surface area contributed by atoms with E-state index in [9.17, 15) is 0 Å². The van der Waals surface area contributed by atoms with Gasteiger partial charge in [0.25, 0.3) is 0 Å². The maximum absolute atomic E-state index is 6.56. The van der Waals surface area contributed by atoms with Gasteiger partial charge < -0.3 is 9.30 Å². The van der Waals surface area contributed by atoms with Crippen LogP contribution in [-0.4, -0.2) is 28.1 Å². The van der Waals surface area contributed by atoms with Gasteiger partial charge in [0.15, 0.2) is 0 Å². The van der Waals surface area contributed by atoms with E-state index in [0.717, 1.165) is 28.4 Å². The monoisotopic (exact) mass is 701 g/mol. The molecule has 53 heavy (non-hydrogen) atoms. The summed E-state index contributed by atoms with van der Waals surface area (Å²) in [4.78, 5) is 10.2. The van der Waals surface area contributed by atoms with Crippen LogP contribution < -0.4 is 0 Å². The summed E-state index contributed by atoms with van der Waals surface area (Å²) in [6.45, 7) is 18.9. The fourth-order valence-corrected chi connectivity index (χ4v) is 8.83. The van der Waals surface area contributed by atoms with E-state index >= 15 is 0 Å². The first-order chi connectivity index (χ1) is 25.5. The molecule has 1 fully saturated rings. The van der Waals surface area contributed by atoms with E-state index in [2.05, 4.69) is 145 Å². The second-order valence-corrected chi connectivity index (χ2v) is 17.4. The van der Waals surface area contributed by atoms with Crippen molar-refractivity contribution in [3.63, 3.8) is 0 Å². The molecule has 6 aromatic rings. The van der Waals surface area contributed by atoms with Crippen LogP contribution in [0, 0.1) is 12.8 Å². The fraction of sp³-hybridized carbons (Fsp3) is 0.388. The lowest BCUT2D eigenvalue weighted by Gasteiger charge is -2.24. The topological polar surface area (TPSA) is 39.4 Å². The Hall–Kier alpha value is -4.70. The van der Waals surface area contributed by atoms with Crippen LogP contribution in [0.4, 0.5) is 0 Å². The minimum Gasteiger partial charge on any atom is -0.475 e. The highest BCUT2D eigenvalue weighted by Gasteiger charge is 2.30. The van der Waals surface area contributed by atoms with Crippen molar-refractivity contribution in [1.29, 1.82) is 0 Å². The predicted molar refractivity (Wildman–Crippen MR) is 224 cm³/mol. The lowest BCUT2D eigenvalue weighted by atomic mass is 9.84. The Morgan fingerprint density at radius 1 is 0.717 bits per heavy atom. The van der Waals surface area contributed by atoms with E-state index in [1.807, 2.05) is 6.20 Å². The van der Waals surface area contributed by atoms with Crippen molar-refractivity contribution >= 4 is 27.7 Å². The van der Waals surface area contributed by atoms with Crippen LogP contribution in [0.2, 0.25) is 0 Å². The molecule has 8 rings (SSSR count). The number of nitrogens with zero attached hydrogens (tertiary/aromatic N) is 3. The standard InChI is InChI=1S/C49H55N3O/c1-30(2)39-15-12-16-40(31(3)4)47(39)35-24-36(48-51-44(29-53-48)33-13-10-9-11-14-33)26-38(25-35)52-45-20-17-32(5)23-42(45)41-19-18-34(27-46(41)52)43-28-37(21-22-50-43)49(6,7)8/h12,15-28,30-31,33,44H,9-11,13-14,29H2,1-8H3/t44-/m0/s1. The number of fused-ring (bicyclic) bond motifs is 3. The average molecular weight is 702 g/mol. The molecule has 3 heterocycles. The third-order valence-corrected chi connectivity index (χ3v) is 11.8. The second kappa shape index (κ2) is 13.9. The van der Waals surface area contributed by atoms with Gasteiger partial charge in [0.1, 0.15) is 6.61 Å². The molecule has 1 aliphatic carbocycles. The van der Waals surface area contributed by atoms with E-state index in [1.54, 1.807) is 0 Å². The molecule has 0 amide bonds. The normalized spacial score (nSPS) is 16.9. The minimum absolute atomic E-state index is 0.0349. The first-order valence-electron chi connectivity index (χ1n) is 20.0. The number of pyridine rings is 1. The van der Waals surface area contributed by atoms with Crippen molar-refractivity contribution in [1.82, 2.24) is 9.55 Å². The quantitative estimate of drug-likeness (QED) is 0.166. The van der Waals surface area contributed by atoms with Gasteiger partial charge in [-0.3, -0.25) is 4.98 Å². The molecule has 4 heteroatoms. The van der Waals surface area contributed by atoms with Crippen LogP contribution in [0.1, 0.15) is 120 Å². The van der Waals surface area contributed by atoms with Gasteiger partial charge in [-0.05, 0) is 119 Å². The van der Waals surface area contributed by atoms with E-state index in [1.165, 1.54) is 87.3 Å². The third-order valence-electron chi connectivity index (χ3n) is 11.8. The van der Waals surface area contributed by atoms with E-state index in [4.69, 9.17) is 14.7 Å². The molecule has 0 spiro atoms. The largest absolute Gasteiger partial charge is 0.475 e. The first kappa shape index (κ1) is 35.3. The highest BCUT2D eigenvalue weighted by Crippen LogP contribution is 2.41. The zero-order valence-electron chi connectivity index (χ0n) is 33.0. The summed E-state index contributed by atoms with van der Waals surface area (Å²) >= 11 is 0. The summed E-state index contributed by atoms with van der Waals surface area (Å²) in [5.74, 6) is 2.16. The highest BCUT2D eigenvalue weighted by molar-refractivity contribution is 6.10. The molecule has 1 aliphatic heterocycles. The number of benzene rings is 4. The maximum atomic E-state index is 6.56. The average Bonchev–Trinajstić information content (AvgIpc) is 3.78. The van der Waals surface area contributed by atoms with Crippen LogP contribution in [0.3, 0.4) is 0 Å². The van der Waals surface area contributed by atoms with E-state index in [0.29, 0.717) is 24.4 Å². The second-order valence-electron chi connectivity index (χ2n) is 17.4. The molecule has 272 valence electrons. The minimum atomic E-state index is 0.0349. The Balaban J connectivity index is 1.39. The van der Waals surface area contributed by atoms with Crippen molar-refractivity contribution in [3.8, 4) is 28.1 Å². The molecule has 0 unspecified atom stereocenters. The molecule has 1 atom stereocenters. The number of hydrogen-bond donors (Lipinski definition) is 0. The number of rotatable bonds is 7. The summed E-state index contributed by atoms with van der Waals surface area (Å²) in [5.41, 5.74) is 14.5. The Labute approximate surface area is 316 Å². The van der Waals surface area contributed by atoms with Gasteiger partial charge in [-0.1, -0.05) is 110 Å². The van der Waals surface area contributed by atoms with Gasteiger partial charge >= 0.3 is 0 Å². The number of hydrogen-bond acceptors (Lipinski definition) is 3. The SMILES string of the molecule is Cc1ccc2c(c1)c1ccc(-c3cc(C(C)(C)C)ccn3)cc1n2-c1cc(C2=N[C@H](C3CCCCC3)CO2)cc(-c2c(C(C)C)cccc2C(C)C)c1. The van der Waals surface area contributed by atoms with Gasteiger partial charge in [0.05, 0.1) is 22.8 Å². The zero-order valence-corrected chi connectivity index (χ0v) is 33.0. The molecule has 0 saturated heterocycles. The summed E-state index contributed by atoms with van der Waals surface area (Å²) < 4.78 is 9.03. The molecule has 1 saturated carbocycles. The van der Waals surface area contributed by atoms with E-state index < -0.39 is 0 Å². The van der Waals surface area contributed by atoms with Crippen LogP contribution in [0.25, 0.3) is 49.9 Å².